The van der Waals surface area contributed by atoms with E-state index < -0.39 is 6.09 Å². The molecule has 1 heterocycles. The van der Waals surface area contributed by atoms with Gasteiger partial charge < -0.3 is 10.1 Å². The topological polar surface area (TPSA) is 55.4 Å². The van der Waals surface area contributed by atoms with Gasteiger partial charge in [0.05, 0.1) is 17.4 Å². The van der Waals surface area contributed by atoms with Crippen molar-refractivity contribution in [1.29, 1.82) is 0 Å². The average molecular weight is 276 g/mol. The van der Waals surface area contributed by atoms with Crippen LogP contribution in [0.15, 0.2) is 12.1 Å². The van der Waals surface area contributed by atoms with Gasteiger partial charge in [0.2, 0.25) is 0 Å². The van der Waals surface area contributed by atoms with Crippen molar-refractivity contribution >= 4 is 34.8 Å². The molecule has 0 bridgehead atoms. The smallest absolute Gasteiger partial charge is 0.407 e. The zero-order chi connectivity index (χ0) is 12.7. The second kappa shape index (κ2) is 7.29. The average Bonchev–Trinajstić information content (AvgIpc) is 2.77. The molecule has 0 aliphatic heterocycles. The van der Waals surface area contributed by atoms with Crippen LogP contribution in [0.2, 0.25) is 0 Å². The standard InChI is InChI=1S/C11H14ClNO3S/c1-2-16-11(15)13-6-5-8-3-4-10(17-8)9(14)7-12/h3-4H,2,5-7H2,1H3,(H,13,15). The molecule has 1 rings (SSSR count). The van der Waals surface area contributed by atoms with Gasteiger partial charge in [-0.2, -0.15) is 0 Å². The molecule has 17 heavy (non-hydrogen) atoms. The zero-order valence-corrected chi connectivity index (χ0v) is 11.1. The molecule has 94 valence electrons. The summed E-state index contributed by atoms with van der Waals surface area (Å²) in [6.07, 6.45) is 0.264. The van der Waals surface area contributed by atoms with Crippen LogP contribution in [0.4, 0.5) is 4.79 Å². The molecule has 4 nitrogen and oxygen atoms in total. The molecule has 0 aliphatic carbocycles. The van der Waals surface area contributed by atoms with Crippen LogP contribution in [0.3, 0.4) is 0 Å². The number of hydrogen-bond donors (Lipinski definition) is 1. The monoisotopic (exact) mass is 275 g/mol. The van der Waals surface area contributed by atoms with Crippen LogP contribution in [0.5, 0.6) is 0 Å². The lowest BCUT2D eigenvalue weighted by atomic mass is 10.3. The van der Waals surface area contributed by atoms with E-state index in [1.54, 1.807) is 13.0 Å². The number of halogens is 1. The summed E-state index contributed by atoms with van der Waals surface area (Å²) in [5, 5.41) is 2.62. The highest BCUT2D eigenvalue weighted by molar-refractivity contribution is 7.14. The molecule has 0 spiro atoms. The van der Waals surface area contributed by atoms with E-state index in [0.29, 0.717) is 24.4 Å². The quantitative estimate of drug-likeness (QED) is 0.641. The molecule has 1 amide bonds. The van der Waals surface area contributed by atoms with Crippen molar-refractivity contribution in [2.24, 2.45) is 0 Å². The number of alkyl carbamates (subject to hydrolysis) is 1. The second-order valence-corrected chi connectivity index (χ2v) is 4.66. The Morgan fingerprint density at radius 1 is 1.47 bits per heavy atom. The SMILES string of the molecule is CCOC(=O)NCCc1ccc(C(=O)CCl)s1. The Bertz CT molecular complexity index is 392. The highest BCUT2D eigenvalue weighted by atomic mass is 35.5. The Morgan fingerprint density at radius 2 is 2.24 bits per heavy atom. The van der Waals surface area contributed by atoms with Crippen LogP contribution < -0.4 is 5.32 Å². The third kappa shape index (κ3) is 4.75. The molecule has 1 aromatic rings. The minimum atomic E-state index is -0.416. The van der Waals surface area contributed by atoms with Crippen LogP contribution in [-0.4, -0.2) is 30.9 Å². The molecule has 1 N–H and O–H groups in total. The van der Waals surface area contributed by atoms with Gasteiger partial charge in [-0.1, -0.05) is 0 Å². The van der Waals surface area contributed by atoms with Gasteiger partial charge in [-0.3, -0.25) is 4.79 Å². The van der Waals surface area contributed by atoms with Crippen molar-refractivity contribution in [3.63, 3.8) is 0 Å². The first kappa shape index (κ1) is 14.0. The number of ketones is 1. The first-order chi connectivity index (χ1) is 8.17. The number of Topliss-reactive ketones (excluding diaryl/α,β-unsaturated/α-hetero) is 1. The Kier molecular flexibility index (Phi) is 6.00. The molecule has 1 aromatic heterocycles. The molecule has 0 radical (unpaired) electrons. The Labute approximate surface area is 109 Å². The first-order valence-electron chi connectivity index (χ1n) is 5.26. The maximum absolute atomic E-state index is 11.3. The molecule has 0 unspecified atom stereocenters. The molecular weight excluding hydrogens is 262 g/mol. The van der Waals surface area contributed by atoms with Crippen molar-refractivity contribution in [1.82, 2.24) is 5.32 Å². The van der Waals surface area contributed by atoms with Gasteiger partial charge in [0, 0.05) is 11.4 Å². The summed E-state index contributed by atoms with van der Waals surface area (Å²) >= 11 is 6.86. The summed E-state index contributed by atoms with van der Waals surface area (Å²) in [6.45, 7) is 2.61. The van der Waals surface area contributed by atoms with Crippen LogP contribution in [0.25, 0.3) is 0 Å². The lowest BCUT2D eigenvalue weighted by Crippen LogP contribution is -2.26. The number of rotatable bonds is 6. The van der Waals surface area contributed by atoms with Gasteiger partial charge >= 0.3 is 6.09 Å². The van der Waals surface area contributed by atoms with Gasteiger partial charge in [-0.15, -0.1) is 22.9 Å². The molecule has 0 aromatic carbocycles. The lowest BCUT2D eigenvalue weighted by molar-refractivity contribution is 0.102. The maximum atomic E-state index is 11.3. The van der Waals surface area contributed by atoms with Crippen molar-refractivity contribution in [2.45, 2.75) is 13.3 Å². The molecule has 0 saturated carbocycles. The number of alkyl halides is 1. The highest BCUT2D eigenvalue weighted by Crippen LogP contribution is 2.17. The molecule has 0 saturated heterocycles. The molecular formula is C11H14ClNO3S. The van der Waals surface area contributed by atoms with E-state index in [2.05, 4.69) is 5.32 Å². The fraction of sp³-hybridized carbons (Fsp3) is 0.455. The van der Waals surface area contributed by atoms with E-state index >= 15 is 0 Å². The Balaban J connectivity index is 2.35. The third-order valence-corrected chi connectivity index (χ3v) is 3.40. The fourth-order valence-corrected chi connectivity index (χ4v) is 2.37. The Morgan fingerprint density at radius 3 is 2.88 bits per heavy atom. The minimum Gasteiger partial charge on any atom is -0.450 e. The second-order valence-electron chi connectivity index (χ2n) is 3.22. The number of nitrogens with one attached hydrogen (secondary N) is 1. The van der Waals surface area contributed by atoms with Gasteiger partial charge in [0.25, 0.3) is 0 Å². The largest absolute Gasteiger partial charge is 0.450 e. The predicted octanol–water partition coefficient (Wildman–Crippen LogP) is 2.46. The number of hydrogen-bond acceptors (Lipinski definition) is 4. The molecule has 6 heteroatoms. The predicted molar refractivity (Wildman–Crippen MR) is 68.1 cm³/mol. The van der Waals surface area contributed by atoms with Crippen molar-refractivity contribution < 1.29 is 14.3 Å². The van der Waals surface area contributed by atoms with Crippen LogP contribution in [0, 0.1) is 0 Å². The van der Waals surface area contributed by atoms with Crippen molar-refractivity contribution in [3.05, 3.63) is 21.9 Å². The number of ether oxygens (including phenoxy) is 1. The number of carbonyl (C=O) groups is 2. The van der Waals surface area contributed by atoms with E-state index in [4.69, 9.17) is 16.3 Å². The van der Waals surface area contributed by atoms with Gasteiger partial charge in [-0.25, -0.2) is 4.79 Å². The minimum absolute atomic E-state index is 0.00102. The summed E-state index contributed by atoms with van der Waals surface area (Å²) in [5.74, 6) is -0.0672. The first-order valence-corrected chi connectivity index (χ1v) is 6.61. The molecule has 0 fully saturated rings. The Hall–Kier alpha value is -1.07. The van der Waals surface area contributed by atoms with Gasteiger partial charge in [0.15, 0.2) is 5.78 Å². The number of thiophene rings is 1. The van der Waals surface area contributed by atoms with Gasteiger partial charge in [0.1, 0.15) is 0 Å². The van der Waals surface area contributed by atoms with E-state index in [1.165, 1.54) is 11.3 Å². The van der Waals surface area contributed by atoms with Gasteiger partial charge in [-0.05, 0) is 25.5 Å². The number of amides is 1. The molecule has 0 aliphatic rings. The third-order valence-electron chi connectivity index (χ3n) is 1.97. The normalized spacial score (nSPS) is 10.0. The van der Waals surface area contributed by atoms with E-state index in [-0.39, 0.29) is 11.7 Å². The van der Waals surface area contributed by atoms with E-state index in [9.17, 15) is 9.59 Å². The van der Waals surface area contributed by atoms with Crippen LogP contribution >= 0.6 is 22.9 Å². The van der Waals surface area contributed by atoms with E-state index in [0.717, 1.165) is 4.88 Å². The maximum Gasteiger partial charge on any atom is 0.407 e. The van der Waals surface area contributed by atoms with Crippen LogP contribution in [0.1, 0.15) is 21.5 Å². The zero-order valence-electron chi connectivity index (χ0n) is 9.49. The molecule has 0 atom stereocenters. The summed E-state index contributed by atoms with van der Waals surface area (Å²) in [4.78, 5) is 24.0. The van der Waals surface area contributed by atoms with Crippen molar-refractivity contribution in [2.75, 3.05) is 19.0 Å². The summed E-state index contributed by atoms with van der Waals surface area (Å²) in [5.41, 5.74) is 0. The summed E-state index contributed by atoms with van der Waals surface area (Å²) < 4.78 is 4.72. The lowest BCUT2D eigenvalue weighted by Gasteiger charge is -2.03. The fourth-order valence-electron chi connectivity index (χ4n) is 1.20. The van der Waals surface area contributed by atoms with E-state index in [1.807, 2.05) is 6.07 Å². The summed E-state index contributed by atoms with van der Waals surface area (Å²) in [7, 11) is 0. The van der Waals surface area contributed by atoms with Crippen LogP contribution in [-0.2, 0) is 11.2 Å². The highest BCUT2D eigenvalue weighted by Gasteiger charge is 2.08. The number of carbonyl (C=O) groups excluding carboxylic acids is 2. The van der Waals surface area contributed by atoms with Crippen molar-refractivity contribution in [3.8, 4) is 0 Å². The summed E-state index contributed by atoms with van der Waals surface area (Å²) in [6, 6.07) is 3.63.